The predicted octanol–water partition coefficient (Wildman–Crippen LogP) is 9.32. The molecule has 5 heteroatoms. The van der Waals surface area contributed by atoms with Crippen LogP contribution in [0.3, 0.4) is 0 Å². The van der Waals surface area contributed by atoms with Gasteiger partial charge in [0.1, 0.15) is 0 Å². The van der Waals surface area contributed by atoms with Crippen LogP contribution in [0, 0.1) is 0 Å². The topological polar surface area (TPSA) is 17.1 Å². The van der Waals surface area contributed by atoms with Crippen LogP contribution in [0.4, 0.5) is 13.2 Å². The normalized spacial score (nSPS) is 13.2. The van der Waals surface area contributed by atoms with Crippen molar-refractivity contribution < 1.29 is 17.7 Å². The van der Waals surface area contributed by atoms with Gasteiger partial charge < -0.3 is 4.57 Å². The van der Waals surface area contributed by atoms with Gasteiger partial charge in [-0.1, -0.05) is 84.9 Å². The molecule has 8 aromatic rings. The van der Waals surface area contributed by atoms with Gasteiger partial charge in [-0.2, -0.15) is 13.2 Å². The van der Waals surface area contributed by atoms with Crippen LogP contribution in [0.15, 0.2) is 109 Å². The second-order valence-corrected chi connectivity index (χ2v) is 12.8. The van der Waals surface area contributed by atoms with Crippen LogP contribution in [-0.2, 0) is 4.57 Å². The SMILES string of the molecule is O=P(c1cc2ccc3cccc4ccc(c1)c2c34)(c1cc2ccc3cccc4ccc(c1)c2c34)C(F)(F)F. The van der Waals surface area contributed by atoms with Gasteiger partial charge in [-0.3, -0.25) is 0 Å². The van der Waals surface area contributed by atoms with Gasteiger partial charge >= 0.3 is 5.92 Å². The van der Waals surface area contributed by atoms with Crippen molar-refractivity contribution in [2.24, 2.45) is 0 Å². The smallest absolute Gasteiger partial charge is 0.304 e. The van der Waals surface area contributed by atoms with Crippen LogP contribution in [0.25, 0.3) is 64.6 Å². The summed E-state index contributed by atoms with van der Waals surface area (Å²) < 4.78 is 59.4. The lowest BCUT2D eigenvalue weighted by Crippen LogP contribution is -2.28. The molecule has 0 spiro atoms. The van der Waals surface area contributed by atoms with Gasteiger partial charge in [-0.15, -0.1) is 0 Å². The molecule has 0 N–H and O–H groups in total. The van der Waals surface area contributed by atoms with Crippen molar-refractivity contribution in [1.82, 2.24) is 0 Å². The summed E-state index contributed by atoms with van der Waals surface area (Å²) in [5, 5.41) is 10.2. The maximum atomic E-state index is 15.0. The molecular formula is C33H18F3OP. The molecule has 0 radical (unpaired) electrons. The number of halogens is 3. The molecule has 0 fully saturated rings. The molecule has 8 rings (SSSR count). The zero-order valence-electron chi connectivity index (χ0n) is 19.9. The Balaban J connectivity index is 1.45. The van der Waals surface area contributed by atoms with Crippen LogP contribution in [-0.4, -0.2) is 5.92 Å². The van der Waals surface area contributed by atoms with Gasteiger partial charge in [0.2, 0.25) is 7.14 Å². The predicted molar refractivity (Wildman–Crippen MR) is 153 cm³/mol. The van der Waals surface area contributed by atoms with Crippen LogP contribution in [0.2, 0.25) is 0 Å². The molecule has 0 aliphatic rings. The maximum absolute atomic E-state index is 15.0. The van der Waals surface area contributed by atoms with E-state index in [0.717, 1.165) is 43.1 Å². The summed E-state index contributed by atoms with van der Waals surface area (Å²) in [6, 6.07) is 32.8. The van der Waals surface area contributed by atoms with E-state index >= 15 is 0 Å². The van der Waals surface area contributed by atoms with Crippen molar-refractivity contribution in [1.29, 1.82) is 0 Å². The number of benzene rings is 8. The Morgan fingerprint density at radius 3 is 0.974 bits per heavy atom. The lowest BCUT2D eigenvalue weighted by molar-refractivity contribution is -0.0436. The molecule has 0 atom stereocenters. The third kappa shape index (κ3) is 2.76. The highest BCUT2D eigenvalue weighted by Crippen LogP contribution is 2.60. The van der Waals surface area contributed by atoms with Crippen LogP contribution in [0.5, 0.6) is 0 Å². The van der Waals surface area contributed by atoms with Gasteiger partial charge in [-0.05, 0) is 88.9 Å². The molecule has 0 heterocycles. The van der Waals surface area contributed by atoms with Crippen LogP contribution < -0.4 is 10.6 Å². The molecule has 0 aliphatic carbocycles. The Kier molecular flexibility index (Phi) is 4.17. The number of alkyl halides is 3. The van der Waals surface area contributed by atoms with Crippen LogP contribution >= 0.6 is 7.14 Å². The molecule has 0 aromatic heterocycles. The number of hydrogen-bond acceptors (Lipinski definition) is 1. The first-order valence-corrected chi connectivity index (χ1v) is 14.1. The molecule has 0 aliphatic heterocycles. The highest BCUT2D eigenvalue weighted by Gasteiger charge is 2.53. The molecule has 0 saturated heterocycles. The first kappa shape index (κ1) is 21.9. The minimum absolute atomic E-state index is 0.191. The Bertz CT molecular complexity index is 1980. The average Bonchev–Trinajstić information content (AvgIpc) is 2.93. The largest absolute Gasteiger partial charge is 0.448 e. The molecule has 1 nitrogen and oxygen atoms in total. The standard InChI is InChI=1S/C33H18F3OP/c34-33(35,36)38(37,27-15-23-11-7-19-3-1-4-20-8-12-24(16-27)31(23)29(19)20)28-17-25-13-9-21-5-2-6-22-10-14-26(18-28)32(25)30(21)22/h1-18H. The summed E-state index contributed by atoms with van der Waals surface area (Å²) in [6.45, 7) is 0. The van der Waals surface area contributed by atoms with E-state index in [0.29, 0.717) is 21.5 Å². The highest BCUT2D eigenvalue weighted by molar-refractivity contribution is 7.79. The Hall–Kier alpha value is -4.14. The summed E-state index contributed by atoms with van der Waals surface area (Å²) in [6.07, 6.45) is 0. The highest BCUT2D eigenvalue weighted by atomic mass is 31.2. The minimum atomic E-state index is -5.04. The summed E-state index contributed by atoms with van der Waals surface area (Å²) in [5.74, 6) is -4.95. The third-order valence-corrected chi connectivity index (χ3v) is 10.7. The fourth-order valence-corrected chi connectivity index (χ4v) is 8.45. The van der Waals surface area contributed by atoms with Gasteiger partial charge in [-0.25, -0.2) is 0 Å². The molecule has 182 valence electrons. The average molecular weight is 518 g/mol. The third-order valence-electron chi connectivity index (χ3n) is 7.98. The van der Waals surface area contributed by atoms with Crippen molar-refractivity contribution in [3.63, 3.8) is 0 Å². The van der Waals surface area contributed by atoms with Crippen molar-refractivity contribution in [3.8, 4) is 0 Å². The van der Waals surface area contributed by atoms with E-state index in [4.69, 9.17) is 0 Å². The van der Waals surface area contributed by atoms with E-state index in [1.54, 1.807) is 0 Å². The van der Waals surface area contributed by atoms with E-state index in [-0.39, 0.29) is 10.6 Å². The van der Waals surface area contributed by atoms with Gasteiger partial charge in [0.05, 0.1) is 0 Å². The second-order valence-electron chi connectivity index (χ2n) is 10.0. The zero-order valence-corrected chi connectivity index (χ0v) is 20.8. The fourth-order valence-electron chi connectivity index (χ4n) is 6.28. The van der Waals surface area contributed by atoms with Gasteiger partial charge in [0, 0.05) is 10.6 Å². The Morgan fingerprint density at radius 2 is 0.684 bits per heavy atom. The molecule has 0 unspecified atom stereocenters. The lowest BCUT2D eigenvalue weighted by Gasteiger charge is -2.24. The van der Waals surface area contributed by atoms with E-state index in [2.05, 4.69) is 0 Å². The van der Waals surface area contributed by atoms with E-state index < -0.39 is 13.1 Å². The molecule has 0 bridgehead atoms. The van der Waals surface area contributed by atoms with E-state index in [1.807, 2.05) is 84.9 Å². The number of hydrogen-bond donors (Lipinski definition) is 0. The zero-order chi connectivity index (χ0) is 25.8. The maximum Gasteiger partial charge on any atom is 0.448 e. The lowest BCUT2D eigenvalue weighted by atomic mass is 9.94. The first-order chi connectivity index (χ1) is 18.3. The van der Waals surface area contributed by atoms with Crippen molar-refractivity contribution in [3.05, 3.63) is 109 Å². The molecule has 0 saturated carbocycles. The summed E-state index contributed by atoms with van der Waals surface area (Å²) in [4.78, 5) is 0. The fraction of sp³-hybridized carbons (Fsp3) is 0.0303. The molecular weight excluding hydrogens is 500 g/mol. The molecule has 0 amide bonds. The van der Waals surface area contributed by atoms with Gasteiger partial charge in [0.25, 0.3) is 0 Å². The van der Waals surface area contributed by atoms with E-state index in [1.165, 1.54) is 24.3 Å². The van der Waals surface area contributed by atoms with Crippen molar-refractivity contribution >= 4 is 82.4 Å². The minimum Gasteiger partial charge on any atom is -0.304 e. The summed E-state index contributed by atoms with van der Waals surface area (Å²) >= 11 is 0. The Morgan fingerprint density at radius 1 is 0.421 bits per heavy atom. The van der Waals surface area contributed by atoms with Crippen molar-refractivity contribution in [2.75, 3.05) is 0 Å². The first-order valence-electron chi connectivity index (χ1n) is 12.4. The quantitative estimate of drug-likeness (QED) is 0.165. The molecule has 8 aromatic carbocycles. The Labute approximate surface area is 215 Å². The number of rotatable bonds is 2. The monoisotopic (exact) mass is 518 g/mol. The summed E-state index contributed by atoms with van der Waals surface area (Å²) in [5.41, 5.74) is 0. The molecule has 38 heavy (non-hydrogen) atoms. The second kappa shape index (κ2) is 7.24. The van der Waals surface area contributed by atoms with Gasteiger partial charge in [0.15, 0.2) is 0 Å². The van der Waals surface area contributed by atoms with Crippen LogP contribution in [0.1, 0.15) is 0 Å². The summed E-state index contributed by atoms with van der Waals surface area (Å²) in [7, 11) is -5.04. The van der Waals surface area contributed by atoms with E-state index in [9.17, 15) is 17.7 Å². The van der Waals surface area contributed by atoms with Crippen molar-refractivity contribution in [2.45, 2.75) is 5.92 Å².